The van der Waals surface area contributed by atoms with Gasteiger partial charge in [0.25, 0.3) is 5.56 Å². The van der Waals surface area contributed by atoms with Gasteiger partial charge in [0.05, 0.1) is 0 Å². The van der Waals surface area contributed by atoms with Crippen LogP contribution in [0.15, 0.2) is 41.5 Å². The second-order valence-electron chi connectivity index (χ2n) is 9.71. The Bertz CT molecular complexity index is 1230. The number of rotatable bonds is 8. The summed E-state index contributed by atoms with van der Waals surface area (Å²) in [7, 11) is 0. The maximum Gasteiger partial charge on any atom is 0.293 e. The van der Waals surface area contributed by atoms with Gasteiger partial charge in [-0.15, -0.1) is 0 Å². The summed E-state index contributed by atoms with van der Waals surface area (Å²) in [5.74, 6) is 0.118. The molecule has 1 aromatic carbocycles. The largest absolute Gasteiger partial charge is 0.364 e. The molecule has 0 radical (unpaired) electrons. The lowest BCUT2D eigenvalue weighted by Gasteiger charge is -2.36. The van der Waals surface area contributed by atoms with Crippen molar-refractivity contribution in [2.24, 2.45) is 0 Å². The lowest BCUT2D eigenvalue weighted by atomic mass is 10.0. The quantitative estimate of drug-likeness (QED) is 0.395. The van der Waals surface area contributed by atoms with Crippen LogP contribution in [0.25, 0.3) is 10.9 Å². The Morgan fingerprint density at radius 2 is 2.06 bits per heavy atom. The van der Waals surface area contributed by atoms with Crippen molar-refractivity contribution in [1.29, 1.82) is 0 Å². The van der Waals surface area contributed by atoms with Crippen LogP contribution >= 0.6 is 0 Å². The molecule has 0 aliphatic carbocycles. The fourth-order valence-corrected chi connectivity index (χ4v) is 5.41. The van der Waals surface area contributed by atoms with Crippen LogP contribution in [0.5, 0.6) is 0 Å². The zero-order valence-corrected chi connectivity index (χ0v) is 20.3. The number of piperidine rings is 1. The highest BCUT2D eigenvalue weighted by molar-refractivity contribution is 5.80. The number of hydrogen-bond acceptors (Lipinski definition) is 6. The van der Waals surface area contributed by atoms with E-state index in [1.54, 1.807) is 13.1 Å². The van der Waals surface area contributed by atoms with Gasteiger partial charge in [-0.2, -0.15) is 0 Å². The molecule has 9 nitrogen and oxygen atoms in total. The van der Waals surface area contributed by atoms with E-state index < -0.39 is 0 Å². The third kappa shape index (κ3) is 5.41. The fraction of sp³-hybridized carbons (Fsp3) is 0.500. The Kier molecular flexibility index (Phi) is 7.15. The SMILES string of the molecule is Cc1cnc(NC[C@H]2CCCN2C2CCNCC2)c(=O)n1CC(=O)NCc1ccc2[nH]ccc2c1. The van der Waals surface area contributed by atoms with Crippen molar-refractivity contribution in [2.75, 3.05) is 31.5 Å². The van der Waals surface area contributed by atoms with Crippen molar-refractivity contribution in [3.05, 3.63) is 58.3 Å². The molecule has 2 saturated heterocycles. The number of benzene rings is 1. The van der Waals surface area contributed by atoms with Crippen LogP contribution in [0, 0.1) is 6.92 Å². The van der Waals surface area contributed by atoms with Gasteiger partial charge in [-0.3, -0.25) is 19.1 Å². The number of H-pyrrole nitrogens is 1. The first-order valence-corrected chi connectivity index (χ1v) is 12.7. The van der Waals surface area contributed by atoms with E-state index in [0.29, 0.717) is 36.7 Å². The molecule has 2 aliphatic heterocycles. The Morgan fingerprint density at radius 3 is 2.91 bits per heavy atom. The molecule has 0 unspecified atom stereocenters. The van der Waals surface area contributed by atoms with E-state index in [2.05, 4.69) is 30.8 Å². The van der Waals surface area contributed by atoms with Crippen LogP contribution in [0.4, 0.5) is 5.82 Å². The molecule has 1 amide bonds. The fourth-order valence-electron chi connectivity index (χ4n) is 5.41. The monoisotopic (exact) mass is 477 g/mol. The average molecular weight is 478 g/mol. The molecule has 2 fully saturated rings. The molecule has 2 aromatic heterocycles. The number of aromatic amines is 1. The summed E-state index contributed by atoms with van der Waals surface area (Å²) in [6.07, 6.45) is 8.25. The molecule has 35 heavy (non-hydrogen) atoms. The molecule has 0 bridgehead atoms. The number of nitrogens with zero attached hydrogens (tertiary/aromatic N) is 3. The zero-order chi connectivity index (χ0) is 24.2. The zero-order valence-electron chi connectivity index (χ0n) is 20.3. The summed E-state index contributed by atoms with van der Waals surface area (Å²) in [4.78, 5) is 35.9. The van der Waals surface area contributed by atoms with Gasteiger partial charge in [-0.1, -0.05) is 6.07 Å². The van der Waals surface area contributed by atoms with E-state index in [1.165, 1.54) is 23.8 Å². The standard InChI is InChI=1S/C26H35N7O2/c1-18-14-30-25(31-16-22-3-2-12-32(22)21-7-9-27-10-8-21)26(35)33(18)17-24(34)29-15-19-4-5-23-20(13-19)6-11-28-23/h4-6,11,13-14,21-22,27-28H,2-3,7-10,12,15-17H2,1H3,(H,29,34)(H,30,31)/t22-/m1/s1. The Hall–Kier alpha value is -3.17. The van der Waals surface area contributed by atoms with E-state index in [1.807, 2.05) is 30.5 Å². The summed E-state index contributed by atoms with van der Waals surface area (Å²) >= 11 is 0. The predicted octanol–water partition coefficient (Wildman–Crippen LogP) is 1.98. The van der Waals surface area contributed by atoms with Crippen molar-refractivity contribution >= 4 is 22.6 Å². The molecular weight excluding hydrogens is 442 g/mol. The highest BCUT2D eigenvalue weighted by Gasteiger charge is 2.31. The first-order valence-electron chi connectivity index (χ1n) is 12.7. The van der Waals surface area contributed by atoms with Crippen molar-refractivity contribution in [3.8, 4) is 0 Å². The maximum atomic E-state index is 13.1. The summed E-state index contributed by atoms with van der Waals surface area (Å²) in [5, 5.41) is 10.8. The van der Waals surface area contributed by atoms with Gasteiger partial charge < -0.3 is 20.9 Å². The third-order valence-corrected chi connectivity index (χ3v) is 7.37. The number of fused-ring (bicyclic) bond motifs is 1. The van der Waals surface area contributed by atoms with Crippen LogP contribution in [0.1, 0.15) is 36.9 Å². The average Bonchev–Trinajstić information content (AvgIpc) is 3.54. The first kappa shape index (κ1) is 23.6. The number of amides is 1. The van der Waals surface area contributed by atoms with E-state index >= 15 is 0 Å². The van der Waals surface area contributed by atoms with E-state index in [9.17, 15) is 9.59 Å². The molecule has 2 aliphatic rings. The van der Waals surface area contributed by atoms with Crippen LogP contribution in [-0.4, -0.2) is 63.6 Å². The molecule has 9 heteroatoms. The maximum absolute atomic E-state index is 13.1. The summed E-state index contributed by atoms with van der Waals surface area (Å²) in [6, 6.07) is 9.08. The minimum Gasteiger partial charge on any atom is -0.364 e. The number of carbonyl (C=O) groups is 1. The second kappa shape index (κ2) is 10.6. The molecule has 0 saturated carbocycles. The Balaban J connectivity index is 1.19. The minimum absolute atomic E-state index is 0.0289. The third-order valence-electron chi connectivity index (χ3n) is 7.37. The van der Waals surface area contributed by atoms with Crippen molar-refractivity contribution < 1.29 is 4.79 Å². The smallest absolute Gasteiger partial charge is 0.293 e. The van der Waals surface area contributed by atoms with Gasteiger partial charge in [-0.05, 0) is 81.4 Å². The second-order valence-corrected chi connectivity index (χ2v) is 9.71. The number of hydrogen-bond donors (Lipinski definition) is 4. The van der Waals surface area contributed by atoms with Crippen LogP contribution < -0.4 is 21.5 Å². The number of aryl methyl sites for hydroxylation is 1. The Labute approximate surface area is 205 Å². The van der Waals surface area contributed by atoms with Crippen molar-refractivity contribution in [3.63, 3.8) is 0 Å². The summed E-state index contributed by atoms with van der Waals surface area (Å²) in [5.41, 5.74) is 2.50. The number of aromatic nitrogens is 3. The number of nitrogens with one attached hydrogen (secondary N) is 4. The molecule has 4 heterocycles. The molecule has 186 valence electrons. The van der Waals surface area contributed by atoms with Crippen LogP contribution in [0.3, 0.4) is 0 Å². The molecule has 0 spiro atoms. The highest BCUT2D eigenvalue weighted by Crippen LogP contribution is 2.24. The molecule has 4 N–H and O–H groups in total. The molecule has 5 rings (SSSR count). The minimum atomic E-state index is -0.250. The van der Waals surface area contributed by atoms with Gasteiger partial charge >= 0.3 is 0 Å². The van der Waals surface area contributed by atoms with Gasteiger partial charge in [0.15, 0.2) is 5.82 Å². The first-order chi connectivity index (χ1) is 17.1. The Morgan fingerprint density at radius 1 is 1.20 bits per heavy atom. The van der Waals surface area contributed by atoms with Gasteiger partial charge in [0.2, 0.25) is 5.91 Å². The number of anilines is 1. The molecular formula is C26H35N7O2. The van der Waals surface area contributed by atoms with E-state index in [-0.39, 0.29) is 18.0 Å². The van der Waals surface area contributed by atoms with Crippen molar-refractivity contribution in [2.45, 2.75) is 57.8 Å². The molecule has 3 aromatic rings. The van der Waals surface area contributed by atoms with Crippen LogP contribution in [-0.2, 0) is 17.9 Å². The van der Waals surface area contributed by atoms with Crippen molar-refractivity contribution in [1.82, 2.24) is 30.1 Å². The molecule has 1 atom stereocenters. The summed E-state index contributed by atoms with van der Waals surface area (Å²) in [6.45, 7) is 6.17. The normalized spacial score (nSPS) is 19.3. The lowest BCUT2D eigenvalue weighted by molar-refractivity contribution is -0.121. The number of likely N-dealkylation sites (tertiary alicyclic amines) is 1. The summed E-state index contributed by atoms with van der Waals surface area (Å²) < 4.78 is 1.50. The van der Waals surface area contributed by atoms with Gasteiger partial charge in [-0.25, -0.2) is 4.98 Å². The van der Waals surface area contributed by atoms with Crippen LogP contribution in [0.2, 0.25) is 0 Å². The highest BCUT2D eigenvalue weighted by atomic mass is 16.2. The van der Waals surface area contributed by atoms with Gasteiger partial charge in [0.1, 0.15) is 6.54 Å². The topological polar surface area (TPSA) is 107 Å². The lowest BCUT2D eigenvalue weighted by Crippen LogP contribution is -2.47. The van der Waals surface area contributed by atoms with Gasteiger partial charge in [0, 0.05) is 48.8 Å². The predicted molar refractivity (Wildman–Crippen MR) is 137 cm³/mol. The van der Waals surface area contributed by atoms with E-state index in [4.69, 9.17) is 0 Å². The number of carbonyl (C=O) groups excluding carboxylic acids is 1. The van der Waals surface area contributed by atoms with E-state index in [0.717, 1.165) is 42.5 Å².